The largest absolute Gasteiger partial charge is 0.294 e. The van der Waals surface area contributed by atoms with Crippen LogP contribution in [0.5, 0.6) is 0 Å². The minimum atomic E-state index is 0.111. The van der Waals surface area contributed by atoms with Crippen LogP contribution in [0.1, 0.15) is 22.3 Å². The van der Waals surface area contributed by atoms with Gasteiger partial charge in [-0.15, -0.1) is 0 Å². The van der Waals surface area contributed by atoms with E-state index in [2.05, 4.69) is 6.58 Å². The van der Waals surface area contributed by atoms with Crippen molar-refractivity contribution in [2.75, 3.05) is 0 Å². The Morgan fingerprint density at radius 3 is 1.82 bits per heavy atom. The SMILES string of the molecule is C=C(CC(=O)c1ccccc1)c1ccccc1. The highest BCUT2D eigenvalue weighted by atomic mass is 16.1. The van der Waals surface area contributed by atoms with E-state index in [1.165, 1.54) is 0 Å². The Hall–Kier alpha value is -2.15. The summed E-state index contributed by atoms with van der Waals surface area (Å²) in [6, 6.07) is 19.1. The fourth-order valence-corrected chi connectivity index (χ4v) is 1.70. The van der Waals surface area contributed by atoms with Gasteiger partial charge in [-0.25, -0.2) is 0 Å². The van der Waals surface area contributed by atoms with E-state index in [0.717, 1.165) is 16.7 Å². The predicted molar refractivity (Wildman–Crippen MR) is 70.9 cm³/mol. The molecule has 0 aliphatic rings. The molecule has 0 amide bonds. The molecule has 0 aliphatic heterocycles. The Kier molecular flexibility index (Phi) is 3.51. The lowest BCUT2D eigenvalue weighted by molar-refractivity contribution is 0.0998. The number of ketones is 1. The third-order valence-electron chi connectivity index (χ3n) is 2.65. The Labute approximate surface area is 101 Å². The summed E-state index contributed by atoms with van der Waals surface area (Å²) in [6.07, 6.45) is 0.369. The summed E-state index contributed by atoms with van der Waals surface area (Å²) in [6.45, 7) is 3.97. The van der Waals surface area contributed by atoms with Gasteiger partial charge in [0.15, 0.2) is 5.78 Å². The van der Waals surface area contributed by atoms with E-state index in [4.69, 9.17) is 0 Å². The minimum absolute atomic E-state index is 0.111. The van der Waals surface area contributed by atoms with Crippen molar-refractivity contribution in [1.29, 1.82) is 0 Å². The number of benzene rings is 2. The molecule has 0 aromatic heterocycles. The Bertz CT molecular complexity index is 462. The molecule has 84 valence electrons. The van der Waals surface area contributed by atoms with E-state index < -0.39 is 0 Å². The second kappa shape index (κ2) is 5.26. The Morgan fingerprint density at radius 1 is 0.824 bits per heavy atom. The maximum absolute atomic E-state index is 12.0. The molecule has 0 heterocycles. The van der Waals surface area contributed by atoms with Gasteiger partial charge >= 0.3 is 0 Å². The molecule has 0 saturated heterocycles. The van der Waals surface area contributed by atoms with Gasteiger partial charge in [-0.05, 0) is 11.1 Å². The maximum Gasteiger partial charge on any atom is 0.167 e. The molecular formula is C16H14O. The number of allylic oxidation sites excluding steroid dienone is 1. The molecule has 0 aliphatic carbocycles. The van der Waals surface area contributed by atoms with Crippen molar-refractivity contribution < 1.29 is 4.79 Å². The van der Waals surface area contributed by atoms with Crippen LogP contribution in [-0.2, 0) is 0 Å². The first-order chi connectivity index (χ1) is 8.27. The van der Waals surface area contributed by atoms with Crippen LogP contribution in [0.15, 0.2) is 67.2 Å². The fourth-order valence-electron chi connectivity index (χ4n) is 1.70. The molecule has 0 fully saturated rings. The van der Waals surface area contributed by atoms with Gasteiger partial charge in [0.2, 0.25) is 0 Å². The highest BCUT2D eigenvalue weighted by Gasteiger charge is 2.08. The lowest BCUT2D eigenvalue weighted by Gasteiger charge is -2.05. The standard InChI is InChI=1S/C16H14O/c1-13(14-8-4-2-5-9-14)12-16(17)15-10-6-3-7-11-15/h2-11H,1,12H2. The van der Waals surface area contributed by atoms with Crippen molar-refractivity contribution in [2.24, 2.45) is 0 Å². The number of hydrogen-bond acceptors (Lipinski definition) is 1. The number of carbonyl (C=O) groups is 1. The second-order valence-electron chi connectivity index (χ2n) is 3.94. The molecule has 2 aromatic rings. The molecular weight excluding hydrogens is 208 g/mol. The monoisotopic (exact) mass is 222 g/mol. The zero-order valence-electron chi connectivity index (χ0n) is 9.60. The van der Waals surface area contributed by atoms with E-state index in [0.29, 0.717) is 6.42 Å². The molecule has 0 bridgehead atoms. The van der Waals surface area contributed by atoms with Gasteiger partial charge in [0.05, 0.1) is 0 Å². The van der Waals surface area contributed by atoms with Crippen LogP contribution in [-0.4, -0.2) is 5.78 Å². The third-order valence-corrected chi connectivity index (χ3v) is 2.65. The van der Waals surface area contributed by atoms with Gasteiger partial charge in [0, 0.05) is 12.0 Å². The van der Waals surface area contributed by atoms with Crippen molar-refractivity contribution in [3.63, 3.8) is 0 Å². The van der Waals surface area contributed by atoms with Gasteiger partial charge < -0.3 is 0 Å². The first-order valence-electron chi connectivity index (χ1n) is 5.59. The first-order valence-corrected chi connectivity index (χ1v) is 5.59. The summed E-state index contributed by atoms with van der Waals surface area (Å²) in [7, 11) is 0. The molecule has 17 heavy (non-hydrogen) atoms. The zero-order chi connectivity index (χ0) is 12.1. The summed E-state index contributed by atoms with van der Waals surface area (Å²) in [4.78, 5) is 12.0. The highest BCUT2D eigenvalue weighted by molar-refractivity contribution is 6.02. The topological polar surface area (TPSA) is 17.1 Å². The summed E-state index contributed by atoms with van der Waals surface area (Å²) in [5, 5.41) is 0. The quantitative estimate of drug-likeness (QED) is 0.715. The number of carbonyl (C=O) groups excluding carboxylic acids is 1. The molecule has 1 heteroatoms. The molecule has 0 saturated carbocycles. The lowest BCUT2D eigenvalue weighted by atomic mass is 9.99. The number of hydrogen-bond donors (Lipinski definition) is 0. The molecule has 0 unspecified atom stereocenters. The Morgan fingerprint density at radius 2 is 1.29 bits per heavy atom. The van der Waals surface area contributed by atoms with Crippen LogP contribution in [0.2, 0.25) is 0 Å². The van der Waals surface area contributed by atoms with Gasteiger partial charge in [-0.2, -0.15) is 0 Å². The minimum Gasteiger partial charge on any atom is -0.294 e. The van der Waals surface area contributed by atoms with Gasteiger partial charge in [-0.1, -0.05) is 67.2 Å². The second-order valence-corrected chi connectivity index (χ2v) is 3.94. The van der Waals surface area contributed by atoms with E-state index in [-0.39, 0.29) is 5.78 Å². The summed E-state index contributed by atoms with van der Waals surface area (Å²) in [5.74, 6) is 0.111. The highest BCUT2D eigenvalue weighted by Crippen LogP contribution is 2.18. The van der Waals surface area contributed by atoms with E-state index in [1.807, 2.05) is 60.7 Å². The summed E-state index contributed by atoms with van der Waals surface area (Å²) < 4.78 is 0. The molecule has 0 N–H and O–H groups in total. The van der Waals surface area contributed by atoms with Crippen LogP contribution >= 0.6 is 0 Å². The van der Waals surface area contributed by atoms with E-state index in [1.54, 1.807) is 0 Å². The smallest absolute Gasteiger partial charge is 0.167 e. The maximum atomic E-state index is 12.0. The molecule has 0 atom stereocenters. The van der Waals surface area contributed by atoms with Crippen LogP contribution in [0.25, 0.3) is 5.57 Å². The molecule has 0 radical (unpaired) electrons. The molecule has 1 nitrogen and oxygen atoms in total. The van der Waals surface area contributed by atoms with Crippen molar-refractivity contribution >= 4 is 11.4 Å². The third kappa shape index (κ3) is 2.91. The summed E-state index contributed by atoms with van der Waals surface area (Å²) in [5.41, 5.74) is 2.63. The molecule has 0 spiro atoms. The van der Waals surface area contributed by atoms with E-state index in [9.17, 15) is 4.79 Å². The molecule has 2 rings (SSSR count). The summed E-state index contributed by atoms with van der Waals surface area (Å²) >= 11 is 0. The molecule has 2 aromatic carbocycles. The van der Waals surface area contributed by atoms with Crippen molar-refractivity contribution in [3.8, 4) is 0 Å². The first kappa shape index (κ1) is 11.3. The van der Waals surface area contributed by atoms with Gasteiger partial charge in [0.25, 0.3) is 0 Å². The zero-order valence-corrected chi connectivity index (χ0v) is 9.60. The normalized spacial score (nSPS) is 9.88. The Balaban J connectivity index is 2.08. The van der Waals surface area contributed by atoms with Crippen molar-refractivity contribution in [2.45, 2.75) is 6.42 Å². The fraction of sp³-hybridized carbons (Fsp3) is 0.0625. The average Bonchev–Trinajstić information content (AvgIpc) is 2.40. The van der Waals surface area contributed by atoms with Crippen molar-refractivity contribution in [3.05, 3.63) is 78.4 Å². The van der Waals surface area contributed by atoms with Crippen LogP contribution in [0, 0.1) is 0 Å². The van der Waals surface area contributed by atoms with Gasteiger partial charge in [0.1, 0.15) is 0 Å². The number of rotatable bonds is 4. The van der Waals surface area contributed by atoms with Gasteiger partial charge in [-0.3, -0.25) is 4.79 Å². The number of Topliss-reactive ketones (excluding diaryl/α,β-unsaturated/α-hetero) is 1. The van der Waals surface area contributed by atoms with E-state index >= 15 is 0 Å². The lowest BCUT2D eigenvalue weighted by Crippen LogP contribution is -1.99. The van der Waals surface area contributed by atoms with Crippen molar-refractivity contribution in [1.82, 2.24) is 0 Å². The average molecular weight is 222 g/mol. The van der Waals surface area contributed by atoms with Crippen LogP contribution < -0.4 is 0 Å². The van der Waals surface area contributed by atoms with Crippen LogP contribution in [0.3, 0.4) is 0 Å². The van der Waals surface area contributed by atoms with Crippen LogP contribution in [0.4, 0.5) is 0 Å². The predicted octanol–water partition coefficient (Wildman–Crippen LogP) is 3.97.